The Morgan fingerprint density at radius 3 is 3.00 bits per heavy atom. The minimum Gasteiger partial charge on any atom is -0.380 e. The number of hydrogen-bond acceptors (Lipinski definition) is 3. The summed E-state index contributed by atoms with van der Waals surface area (Å²) >= 11 is 0. The Morgan fingerprint density at radius 1 is 1.53 bits per heavy atom. The van der Waals surface area contributed by atoms with Crippen LogP contribution < -0.4 is 5.32 Å². The Morgan fingerprint density at radius 2 is 2.33 bits per heavy atom. The van der Waals surface area contributed by atoms with Crippen molar-refractivity contribution in [3.63, 3.8) is 0 Å². The van der Waals surface area contributed by atoms with Crippen LogP contribution in [0.5, 0.6) is 0 Å². The molecule has 1 heterocycles. The summed E-state index contributed by atoms with van der Waals surface area (Å²) in [7, 11) is 1.79. The van der Waals surface area contributed by atoms with Crippen LogP contribution in [-0.4, -0.2) is 50.8 Å². The first-order valence-corrected chi connectivity index (χ1v) is 6.22. The monoisotopic (exact) mass is 214 g/mol. The van der Waals surface area contributed by atoms with Crippen LogP contribution in [0.25, 0.3) is 0 Å². The third kappa shape index (κ3) is 4.96. The predicted molar refractivity (Wildman–Crippen MR) is 64.2 cm³/mol. The molecular weight excluding hydrogens is 188 g/mol. The molecule has 2 unspecified atom stereocenters. The van der Waals surface area contributed by atoms with Crippen LogP contribution in [0.1, 0.15) is 26.7 Å². The van der Waals surface area contributed by atoms with Gasteiger partial charge in [-0.2, -0.15) is 0 Å². The molecular formula is C12H26N2O. The molecule has 0 aliphatic carbocycles. The van der Waals surface area contributed by atoms with Gasteiger partial charge < -0.3 is 15.0 Å². The second-order valence-electron chi connectivity index (χ2n) is 4.66. The standard InChI is InChI=1S/C12H26N2O/c1-4-6-13-8-12-5-7-14(10-12)9-11(2)15-3/h11-13H,4-10H2,1-3H3. The fourth-order valence-corrected chi connectivity index (χ4v) is 2.17. The van der Waals surface area contributed by atoms with Crippen molar-refractivity contribution in [1.29, 1.82) is 0 Å². The molecule has 0 radical (unpaired) electrons. The van der Waals surface area contributed by atoms with Crippen LogP contribution in [-0.2, 0) is 4.74 Å². The smallest absolute Gasteiger partial charge is 0.0670 e. The van der Waals surface area contributed by atoms with E-state index in [1.54, 1.807) is 7.11 Å². The van der Waals surface area contributed by atoms with Crippen LogP contribution in [0.3, 0.4) is 0 Å². The van der Waals surface area contributed by atoms with Gasteiger partial charge in [0.25, 0.3) is 0 Å². The highest BCUT2D eigenvalue weighted by molar-refractivity contribution is 4.78. The lowest BCUT2D eigenvalue weighted by atomic mass is 10.1. The topological polar surface area (TPSA) is 24.5 Å². The molecule has 1 N–H and O–H groups in total. The number of ether oxygens (including phenoxy) is 1. The van der Waals surface area contributed by atoms with Gasteiger partial charge in [0.05, 0.1) is 6.10 Å². The molecule has 0 aromatic heterocycles. The zero-order valence-electron chi connectivity index (χ0n) is 10.5. The molecule has 1 fully saturated rings. The summed E-state index contributed by atoms with van der Waals surface area (Å²) in [6, 6.07) is 0. The number of likely N-dealkylation sites (tertiary alicyclic amines) is 1. The number of rotatable bonds is 7. The van der Waals surface area contributed by atoms with E-state index < -0.39 is 0 Å². The highest BCUT2D eigenvalue weighted by Crippen LogP contribution is 2.15. The lowest BCUT2D eigenvalue weighted by molar-refractivity contribution is 0.0840. The third-order valence-electron chi connectivity index (χ3n) is 3.15. The summed E-state index contributed by atoms with van der Waals surface area (Å²) in [6.45, 7) is 10.3. The van der Waals surface area contributed by atoms with Gasteiger partial charge >= 0.3 is 0 Å². The van der Waals surface area contributed by atoms with Crippen LogP contribution in [0.15, 0.2) is 0 Å². The lowest BCUT2D eigenvalue weighted by Gasteiger charge is -2.19. The van der Waals surface area contributed by atoms with Gasteiger partial charge in [-0.1, -0.05) is 6.92 Å². The van der Waals surface area contributed by atoms with Crippen molar-refractivity contribution >= 4 is 0 Å². The summed E-state index contributed by atoms with van der Waals surface area (Å²) in [6.07, 6.45) is 2.94. The molecule has 0 saturated carbocycles. The van der Waals surface area contributed by atoms with Gasteiger partial charge in [-0.3, -0.25) is 0 Å². The van der Waals surface area contributed by atoms with Crippen LogP contribution in [0.4, 0.5) is 0 Å². The van der Waals surface area contributed by atoms with Crippen molar-refractivity contribution in [2.24, 2.45) is 5.92 Å². The molecule has 1 aliphatic heterocycles. The number of hydrogen-bond donors (Lipinski definition) is 1. The zero-order chi connectivity index (χ0) is 11.1. The molecule has 1 saturated heterocycles. The maximum Gasteiger partial charge on any atom is 0.0670 e. The molecule has 0 aromatic carbocycles. The SMILES string of the molecule is CCCNCC1CCN(CC(C)OC)C1. The van der Waals surface area contributed by atoms with Gasteiger partial charge in [-0.05, 0) is 45.3 Å². The van der Waals surface area contributed by atoms with Crippen LogP contribution >= 0.6 is 0 Å². The van der Waals surface area contributed by atoms with E-state index in [4.69, 9.17) is 4.74 Å². The van der Waals surface area contributed by atoms with E-state index >= 15 is 0 Å². The first kappa shape index (κ1) is 12.9. The Balaban J connectivity index is 2.09. The Hall–Kier alpha value is -0.120. The first-order valence-electron chi connectivity index (χ1n) is 6.22. The second-order valence-corrected chi connectivity index (χ2v) is 4.66. The summed E-state index contributed by atoms with van der Waals surface area (Å²) in [5.74, 6) is 0.848. The summed E-state index contributed by atoms with van der Waals surface area (Å²) < 4.78 is 5.29. The van der Waals surface area contributed by atoms with E-state index in [9.17, 15) is 0 Å². The zero-order valence-corrected chi connectivity index (χ0v) is 10.5. The molecule has 0 spiro atoms. The molecule has 0 bridgehead atoms. The van der Waals surface area contributed by atoms with Gasteiger partial charge in [0, 0.05) is 20.2 Å². The largest absolute Gasteiger partial charge is 0.380 e. The number of methoxy groups -OCH3 is 1. The van der Waals surface area contributed by atoms with E-state index in [-0.39, 0.29) is 0 Å². The van der Waals surface area contributed by atoms with Crippen molar-refractivity contribution in [2.75, 3.05) is 39.8 Å². The molecule has 2 atom stereocenters. The van der Waals surface area contributed by atoms with Gasteiger partial charge in [0.1, 0.15) is 0 Å². The Kier molecular flexibility index (Phi) is 6.22. The normalized spacial score (nSPS) is 24.6. The molecule has 90 valence electrons. The van der Waals surface area contributed by atoms with Crippen molar-refractivity contribution in [2.45, 2.75) is 32.8 Å². The highest BCUT2D eigenvalue weighted by atomic mass is 16.5. The van der Waals surface area contributed by atoms with Crippen molar-refractivity contribution in [3.05, 3.63) is 0 Å². The lowest BCUT2D eigenvalue weighted by Crippen LogP contribution is -2.31. The molecule has 0 aromatic rings. The first-order chi connectivity index (χ1) is 7.26. The van der Waals surface area contributed by atoms with Crippen molar-refractivity contribution in [1.82, 2.24) is 10.2 Å². The number of nitrogens with one attached hydrogen (secondary N) is 1. The van der Waals surface area contributed by atoms with E-state index in [1.807, 2.05) is 0 Å². The molecule has 0 amide bonds. The highest BCUT2D eigenvalue weighted by Gasteiger charge is 2.22. The van der Waals surface area contributed by atoms with Gasteiger partial charge in [0.15, 0.2) is 0 Å². The molecule has 15 heavy (non-hydrogen) atoms. The van der Waals surface area contributed by atoms with Crippen molar-refractivity contribution in [3.8, 4) is 0 Å². The average Bonchev–Trinajstić information content (AvgIpc) is 2.66. The van der Waals surface area contributed by atoms with Gasteiger partial charge in [-0.25, -0.2) is 0 Å². The van der Waals surface area contributed by atoms with E-state index in [2.05, 4.69) is 24.1 Å². The maximum absolute atomic E-state index is 5.29. The Bertz CT molecular complexity index is 164. The minimum atomic E-state index is 0.368. The average molecular weight is 214 g/mol. The summed E-state index contributed by atoms with van der Waals surface area (Å²) in [5, 5.41) is 3.51. The second kappa shape index (κ2) is 7.20. The summed E-state index contributed by atoms with van der Waals surface area (Å²) in [4.78, 5) is 2.52. The van der Waals surface area contributed by atoms with Crippen LogP contribution in [0, 0.1) is 5.92 Å². The van der Waals surface area contributed by atoms with Gasteiger partial charge in [0.2, 0.25) is 0 Å². The summed E-state index contributed by atoms with van der Waals surface area (Å²) in [5.41, 5.74) is 0. The fourth-order valence-electron chi connectivity index (χ4n) is 2.17. The van der Waals surface area contributed by atoms with E-state index in [0.717, 1.165) is 19.0 Å². The van der Waals surface area contributed by atoms with E-state index in [0.29, 0.717) is 6.10 Å². The molecule has 1 aliphatic rings. The third-order valence-corrected chi connectivity index (χ3v) is 3.15. The van der Waals surface area contributed by atoms with Gasteiger partial charge in [-0.15, -0.1) is 0 Å². The maximum atomic E-state index is 5.29. The van der Waals surface area contributed by atoms with E-state index in [1.165, 1.54) is 32.5 Å². The minimum absolute atomic E-state index is 0.368. The predicted octanol–water partition coefficient (Wildman–Crippen LogP) is 1.34. The number of nitrogens with zero attached hydrogens (tertiary/aromatic N) is 1. The fraction of sp³-hybridized carbons (Fsp3) is 1.00. The van der Waals surface area contributed by atoms with Crippen molar-refractivity contribution < 1.29 is 4.74 Å². The Labute approximate surface area is 94.2 Å². The molecule has 3 heteroatoms. The quantitative estimate of drug-likeness (QED) is 0.647. The molecule has 3 nitrogen and oxygen atoms in total. The van der Waals surface area contributed by atoms with Crippen LogP contribution in [0.2, 0.25) is 0 Å². The molecule has 1 rings (SSSR count).